The van der Waals surface area contributed by atoms with Gasteiger partial charge in [-0.2, -0.15) is 0 Å². The molecule has 12 heteroatoms. The van der Waals surface area contributed by atoms with E-state index in [0.29, 0.717) is 0 Å². The summed E-state index contributed by atoms with van der Waals surface area (Å²) in [6.07, 6.45) is 0. The SMILES string of the molecule is COc1ccc(N(c2ccc3c(c2)C(C)(C)c2cc(OC)ccc2-3)c2ccc3c(c2)C2(c4cc(N(c5ccc(OC)cc5)c5ccc6c(c5)C(C)(C)c5cc(OC)ccc5-6)ccc4-3)c3cc(N(c4ccc(OC)cc4)c4ccc5c(c4)C(C)(C)c4cc(OC)ccc4-5)ccc3-c3ccc(N(c4ccc(OC)cc4)c4ccc5c(c4)C(C)(C)c4cc(OC)ccc4-5)cc32)cc1. The molecule has 1 spiro atoms. The Balaban J connectivity index is 0.835. The quantitative estimate of drug-likeness (QED) is 0.0728. The Morgan fingerprint density at radius 2 is 0.264 bits per heavy atom. The molecule has 6 aliphatic carbocycles. The van der Waals surface area contributed by atoms with Gasteiger partial charge in [-0.25, -0.2) is 0 Å². The molecule has 0 radical (unpaired) electrons. The van der Waals surface area contributed by atoms with E-state index in [1.54, 1.807) is 56.9 Å². The van der Waals surface area contributed by atoms with Gasteiger partial charge in [0.2, 0.25) is 0 Å². The summed E-state index contributed by atoms with van der Waals surface area (Å²) in [6, 6.07) is 117. The van der Waals surface area contributed by atoms with Gasteiger partial charge in [-0.1, -0.05) is 128 Å². The number of nitrogens with zero attached hydrogens (tertiary/aromatic N) is 4. The van der Waals surface area contributed by atoms with E-state index in [4.69, 9.17) is 37.9 Å². The summed E-state index contributed by atoms with van der Waals surface area (Å²) in [5, 5.41) is 0. The Morgan fingerprint density at radius 3 is 0.426 bits per heavy atom. The second kappa shape index (κ2) is 29.6. The minimum atomic E-state index is -1.12. The van der Waals surface area contributed by atoms with Crippen molar-refractivity contribution in [3.63, 3.8) is 0 Å². The number of fused-ring (bicyclic) bond motifs is 22. The van der Waals surface area contributed by atoms with Crippen LogP contribution in [0.5, 0.6) is 46.0 Å². The second-order valence-corrected chi connectivity index (χ2v) is 36.9. The molecule has 0 heterocycles. The van der Waals surface area contributed by atoms with E-state index in [1.807, 2.05) is 0 Å². The zero-order valence-electron chi connectivity index (χ0n) is 75.6. The van der Waals surface area contributed by atoms with Gasteiger partial charge in [0.15, 0.2) is 0 Å². The zero-order chi connectivity index (χ0) is 88.6. The molecule has 0 aromatic heterocycles. The predicted octanol–water partition coefficient (Wildman–Crippen LogP) is 29.2. The highest BCUT2D eigenvalue weighted by molar-refractivity contribution is 6.02. The fourth-order valence-electron chi connectivity index (χ4n) is 22.3. The van der Waals surface area contributed by atoms with Crippen LogP contribution in [0.2, 0.25) is 0 Å². The number of ether oxygens (including phenoxy) is 8. The first-order valence-corrected chi connectivity index (χ1v) is 44.2. The van der Waals surface area contributed by atoms with Crippen molar-refractivity contribution < 1.29 is 37.9 Å². The molecule has 0 bridgehead atoms. The van der Waals surface area contributed by atoms with Crippen LogP contribution in [0.15, 0.2) is 315 Å². The van der Waals surface area contributed by atoms with Crippen molar-refractivity contribution in [2.24, 2.45) is 0 Å². The van der Waals surface area contributed by atoms with E-state index in [-0.39, 0.29) is 21.7 Å². The van der Waals surface area contributed by atoms with Crippen LogP contribution >= 0.6 is 0 Å². The third kappa shape index (κ3) is 12.0. The van der Waals surface area contributed by atoms with Gasteiger partial charge < -0.3 is 57.5 Å². The molecule has 0 atom stereocenters. The summed E-state index contributed by atoms with van der Waals surface area (Å²) in [5.74, 6) is 6.38. The predicted molar refractivity (Wildman–Crippen MR) is 524 cm³/mol. The lowest BCUT2D eigenvalue weighted by Crippen LogP contribution is -2.27. The van der Waals surface area contributed by atoms with Gasteiger partial charge in [0.05, 0.1) is 62.3 Å². The number of benzene rings is 16. The monoisotopic (exact) mass is 1690 g/mol. The first kappa shape index (κ1) is 80.0. The maximum Gasteiger partial charge on any atom is 0.119 e. The molecule has 0 fully saturated rings. The van der Waals surface area contributed by atoms with Crippen LogP contribution < -0.4 is 57.5 Å². The highest BCUT2D eigenvalue weighted by atomic mass is 16.5. The van der Waals surface area contributed by atoms with Crippen molar-refractivity contribution in [2.45, 2.75) is 82.5 Å². The third-order valence-electron chi connectivity index (χ3n) is 29.1. The normalized spacial score (nSPS) is 14.5. The minimum absolute atomic E-state index is 0.382. The Hall–Kier alpha value is -14.9. The van der Waals surface area contributed by atoms with Crippen LogP contribution in [-0.4, -0.2) is 56.9 Å². The molecular formula is C117H100N4O8. The summed E-state index contributed by atoms with van der Waals surface area (Å²) in [6.45, 7) is 18.7. The molecule has 22 rings (SSSR count). The van der Waals surface area contributed by atoms with E-state index in [9.17, 15) is 0 Å². The summed E-state index contributed by atoms with van der Waals surface area (Å²) in [4.78, 5) is 9.80. The zero-order valence-corrected chi connectivity index (χ0v) is 75.6. The topological polar surface area (TPSA) is 86.8 Å². The highest BCUT2D eigenvalue weighted by Crippen LogP contribution is 2.67. The van der Waals surface area contributed by atoms with Gasteiger partial charge in [-0.3, -0.25) is 0 Å². The van der Waals surface area contributed by atoms with Crippen molar-refractivity contribution >= 4 is 68.2 Å². The van der Waals surface area contributed by atoms with Crippen molar-refractivity contribution in [1.82, 2.24) is 0 Å². The van der Waals surface area contributed by atoms with Crippen molar-refractivity contribution in [3.05, 3.63) is 382 Å². The number of hydrogen-bond acceptors (Lipinski definition) is 12. The summed E-state index contributed by atoms with van der Waals surface area (Å²) < 4.78 is 47.7. The van der Waals surface area contributed by atoms with Crippen LogP contribution in [-0.2, 0) is 27.1 Å². The van der Waals surface area contributed by atoms with E-state index in [2.05, 4.69) is 390 Å². The fraction of sp³-hybridized carbons (Fsp3) is 0.179. The molecule has 0 unspecified atom stereocenters. The van der Waals surface area contributed by atoms with Gasteiger partial charge in [0.25, 0.3) is 0 Å². The van der Waals surface area contributed by atoms with Crippen LogP contribution in [0, 0.1) is 0 Å². The van der Waals surface area contributed by atoms with Gasteiger partial charge in [-0.05, 0) is 376 Å². The van der Waals surface area contributed by atoms with Crippen molar-refractivity contribution in [1.29, 1.82) is 0 Å². The molecule has 636 valence electrons. The smallest absolute Gasteiger partial charge is 0.119 e. The number of rotatable bonds is 20. The van der Waals surface area contributed by atoms with Crippen LogP contribution in [0.3, 0.4) is 0 Å². The van der Waals surface area contributed by atoms with Crippen LogP contribution in [0.1, 0.15) is 122 Å². The van der Waals surface area contributed by atoms with E-state index >= 15 is 0 Å². The van der Waals surface area contributed by atoms with E-state index < -0.39 is 5.41 Å². The average Bonchev–Trinajstić information content (AvgIpc) is 1.50. The third-order valence-corrected chi connectivity index (χ3v) is 29.1. The minimum Gasteiger partial charge on any atom is -0.497 e. The lowest BCUT2D eigenvalue weighted by molar-refractivity contribution is 0.413. The largest absolute Gasteiger partial charge is 0.497 e. The molecule has 0 saturated heterocycles. The molecule has 0 N–H and O–H groups in total. The van der Waals surface area contributed by atoms with Crippen LogP contribution in [0.4, 0.5) is 68.2 Å². The van der Waals surface area contributed by atoms with Gasteiger partial charge in [-0.15, -0.1) is 0 Å². The van der Waals surface area contributed by atoms with Crippen LogP contribution in [0.25, 0.3) is 66.8 Å². The number of methoxy groups -OCH3 is 8. The van der Waals surface area contributed by atoms with Gasteiger partial charge >= 0.3 is 0 Å². The summed E-state index contributed by atoms with van der Waals surface area (Å²) in [7, 11) is 13.9. The Kier molecular flexibility index (Phi) is 18.4. The summed E-state index contributed by atoms with van der Waals surface area (Å²) >= 11 is 0. The average molecular weight is 1690 g/mol. The molecule has 0 saturated carbocycles. The highest BCUT2D eigenvalue weighted by Gasteiger charge is 2.54. The van der Waals surface area contributed by atoms with Crippen molar-refractivity contribution in [3.8, 4) is 113 Å². The maximum atomic E-state index is 5.99. The maximum absolute atomic E-state index is 5.99. The molecule has 0 aliphatic heterocycles. The molecular weight excluding hydrogens is 1590 g/mol. The Bertz CT molecular complexity index is 6440. The lowest BCUT2D eigenvalue weighted by Gasteiger charge is -2.35. The number of hydrogen-bond donors (Lipinski definition) is 0. The fourth-order valence-corrected chi connectivity index (χ4v) is 22.3. The molecule has 129 heavy (non-hydrogen) atoms. The first-order valence-electron chi connectivity index (χ1n) is 44.2. The molecule has 0 amide bonds. The van der Waals surface area contributed by atoms with Crippen molar-refractivity contribution in [2.75, 3.05) is 76.5 Å². The first-order chi connectivity index (χ1) is 62.5. The molecule has 16 aromatic rings. The van der Waals surface area contributed by atoms with E-state index in [1.165, 1.54) is 89.0 Å². The summed E-state index contributed by atoms with van der Waals surface area (Å²) in [5.41, 5.74) is 37.6. The second-order valence-electron chi connectivity index (χ2n) is 36.9. The Morgan fingerprint density at radius 1 is 0.140 bits per heavy atom. The molecule has 6 aliphatic rings. The standard InChI is InChI=1S/C117H100N4O8/c1-113(2)101-57-73(25-45-89(101)93-53-41-85(126-13)65-105(93)113)118(69-17-33-81(122-9)34-18-69)77-29-49-97-98-50-30-78(119(70-19-35-82(123-10)36-20-70)74-26-46-90-94-54-42-86(127-14)66-106(94)114(3,4)102(90)58-74)62-110(98)117(109(97)61-77)111-63-79(120(71-21-37-83(124-11)38-22-71)75-27-47-91-95-55-43-87(128-15)67-107(95)115(5,6)103(91)59-75)31-51-99(111)100-52-32-80(64-112(100)117)121(72-23-39-84(125-12)40-24-72)76-28-48-92-96-56-44-88(129-16)68-108(96)116(7,8)104(92)60-76/h17-68H,1-16H3. The van der Waals surface area contributed by atoms with Gasteiger partial charge in [0.1, 0.15) is 46.0 Å². The lowest BCUT2D eigenvalue weighted by atomic mass is 9.70. The molecule has 12 nitrogen and oxygen atoms in total. The number of anilines is 12. The Labute approximate surface area is 755 Å². The van der Waals surface area contributed by atoms with Gasteiger partial charge in [0, 0.05) is 89.9 Å². The molecule has 16 aromatic carbocycles. The van der Waals surface area contributed by atoms with E-state index in [0.717, 1.165) is 159 Å².